The molecule has 0 aliphatic rings. The van der Waals surface area contributed by atoms with Gasteiger partial charge in [0.05, 0.1) is 22.2 Å². The number of amides is 1. The highest BCUT2D eigenvalue weighted by molar-refractivity contribution is 7.99. The van der Waals surface area contributed by atoms with Gasteiger partial charge in [-0.1, -0.05) is 60.3 Å². The van der Waals surface area contributed by atoms with E-state index in [1.165, 1.54) is 38.1 Å². The van der Waals surface area contributed by atoms with Crippen LogP contribution in [0.5, 0.6) is 0 Å². The Bertz CT molecular complexity index is 1370. The van der Waals surface area contributed by atoms with E-state index in [4.69, 9.17) is 5.10 Å². The Morgan fingerprint density at radius 1 is 1.00 bits per heavy atom. The normalized spacial score (nSPS) is 11.5. The fraction of sp³-hybridized carbons (Fsp3) is 0.125. The number of hydrogen-bond donors (Lipinski definition) is 1. The van der Waals surface area contributed by atoms with Gasteiger partial charge < -0.3 is 5.32 Å². The summed E-state index contributed by atoms with van der Waals surface area (Å²) in [5.74, 6) is 0.428. The quantitative estimate of drug-likeness (QED) is 0.374. The number of thioether (sulfide) groups is 1. The zero-order valence-corrected chi connectivity index (χ0v) is 20.3. The monoisotopic (exact) mass is 493 g/mol. The van der Waals surface area contributed by atoms with E-state index < -0.39 is 10.0 Å². The number of carbonyl (C=O) groups is 1. The van der Waals surface area contributed by atoms with Crippen molar-refractivity contribution in [2.75, 3.05) is 25.2 Å². The van der Waals surface area contributed by atoms with Gasteiger partial charge in [-0.25, -0.2) is 22.4 Å². The summed E-state index contributed by atoms with van der Waals surface area (Å²) < 4.78 is 27.2. The fourth-order valence-electron chi connectivity index (χ4n) is 3.12. The van der Waals surface area contributed by atoms with Crippen LogP contribution in [0.25, 0.3) is 16.9 Å². The maximum absolute atomic E-state index is 12.7. The average Bonchev–Trinajstić information content (AvgIpc) is 3.27. The molecule has 0 radical (unpaired) electrons. The van der Waals surface area contributed by atoms with Gasteiger partial charge in [-0.05, 0) is 24.3 Å². The van der Waals surface area contributed by atoms with Crippen LogP contribution < -0.4 is 5.32 Å². The Kier molecular flexibility index (Phi) is 7.11. The van der Waals surface area contributed by atoms with Crippen molar-refractivity contribution in [2.24, 2.45) is 0 Å². The summed E-state index contributed by atoms with van der Waals surface area (Å²) in [6, 6.07) is 24.2. The lowest BCUT2D eigenvalue weighted by molar-refractivity contribution is -0.113. The molecule has 1 amide bonds. The Morgan fingerprint density at radius 3 is 2.29 bits per heavy atom. The SMILES string of the molecule is CN(C)S(=O)(=O)c1ccc(SCC(=O)Nc2cc(-c3ccccc3)nn2-c2ccccc2)nc1. The van der Waals surface area contributed by atoms with E-state index in [0.29, 0.717) is 10.8 Å². The second kappa shape index (κ2) is 10.2. The first-order valence-corrected chi connectivity index (χ1v) is 12.8. The standard InChI is InChI=1S/C24H23N5O3S2/c1-28(2)34(31,32)20-13-14-24(25-16-20)33-17-23(30)26-22-15-21(18-9-5-3-6-10-18)27-29(22)19-11-7-4-8-12-19/h3-16H,17H2,1-2H3,(H,26,30). The molecule has 0 bridgehead atoms. The zero-order valence-electron chi connectivity index (χ0n) is 18.6. The van der Waals surface area contributed by atoms with Crippen LogP contribution in [-0.4, -0.2) is 53.2 Å². The summed E-state index contributed by atoms with van der Waals surface area (Å²) in [4.78, 5) is 17.0. The van der Waals surface area contributed by atoms with Gasteiger partial charge >= 0.3 is 0 Å². The number of carbonyl (C=O) groups excluding carboxylic acids is 1. The van der Waals surface area contributed by atoms with Crippen LogP contribution >= 0.6 is 11.8 Å². The van der Waals surface area contributed by atoms with Gasteiger partial charge in [0.1, 0.15) is 10.7 Å². The van der Waals surface area contributed by atoms with Gasteiger partial charge in [-0.15, -0.1) is 0 Å². The third-order valence-corrected chi connectivity index (χ3v) is 7.63. The number of anilines is 1. The minimum Gasteiger partial charge on any atom is -0.310 e. The maximum atomic E-state index is 12.7. The van der Waals surface area contributed by atoms with Crippen LogP contribution in [0.3, 0.4) is 0 Å². The van der Waals surface area contributed by atoms with Crippen molar-refractivity contribution in [2.45, 2.75) is 9.92 Å². The molecule has 0 aliphatic carbocycles. The van der Waals surface area contributed by atoms with E-state index >= 15 is 0 Å². The molecular formula is C24H23N5O3S2. The van der Waals surface area contributed by atoms with Crippen molar-refractivity contribution >= 4 is 33.5 Å². The summed E-state index contributed by atoms with van der Waals surface area (Å²) in [6.45, 7) is 0. The molecule has 34 heavy (non-hydrogen) atoms. The second-order valence-corrected chi connectivity index (χ2v) is 10.6. The molecule has 2 aromatic heterocycles. The smallest absolute Gasteiger partial charge is 0.244 e. The highest BCUT2D eigenvalue weighted by Crippen LogP contribution is 2.25. The predicted octanol–water partition coefficient (Wildman–Crippen LogP) is 3.92. The average molecular weight is 494 g/mol. The molecular weight excluding hydrogens is 470 g/mol. The third kappa shape index (κ3) is 5.36. The molecule has 2 aromatic carbocycles. The Morgan fingerprint density at radius 2 is 1.68 bits per heavy atom. The van der Waals surface area contributed by atoms with E-state index in [-0.39, 0.29) is 16.6 Å². The maximum Gasteiger partial charge on any atom is 0.244 e. The van der Waals surface area contributed by atoms with Crippen molar-refractivity contribution in [1.82, 2.24) is 19.1 Å². The molecule has 0 unspecified atom stereocenters. The summed E-state index contributed by atoms with van der Waals surface area (Å²) >= 11 is 1.22. The molecule has 4 aromatic rings. The molecule has 1 N–H and O–H groups in total. The number of nitrogens with one attached hydrogen (secondary N) is 1. The largest absolute Gasteiger partial charge is 0.310 e. The van der Waals surface area contributed by atoms with Crippen LogP contribution in [0.1, 0.15) is 0 Å². The number of pyridine rings is 1. The van der Waals surface area contributed by atoms with Gasteiger partial charge in [0.15, 0.2) is 0 Å². The molecule has 174 valence electrons. The van der Waals surface area contributed by atoms with E-state index in [0.717, 1.165) is 21.2 Å². The topological polar surface area (TPSA) is 97.2 Å². The first kappa shape index (κ1) is 23.7. The molecule has 0 saturated carbocycles. The summed E-state index contributed by atoms with van der Waals surface area (Å²) in [7, 11) is -0.617. The van der Waals surface area contributed by atoms with E-state index in [1.807, 2.05) is 66.7 Å². The minimum atomic E-state index is -3.54. The van der Waals surface area contributed by atoms with Gasteiger partial charge in [0.25, 0.3) is 0 Å². The number of nitrogens with zero attached hydrogens (tertiary/aromatic N) is 4. The lowest BCUT2D eigenvalue weighted by Gasteiger charge is -2.11. The van der Waals surface area contributed by atoms with Crippen LogP contribution in [-0.2, 0) is 14.8 Å². The number of para-hydroxylation sites is 1. The van der Waals surface area contributed by atoms with E-state index in [9.17, 15) is 13.2 Å². The van der Waals surface area contributed by atoms with E-state index in [1.54, 1.807) is 10.7 Å². The number of sulfonamides is 1. The molecule has 4 rings (SSSR count). The first-order chi connectivity index (χ1) is 16.3. The zero-order chi connectivity index (χ0) is 24.1. The van der Waals surface area contributed by atoms with Crippen LogP contribution in [0.2, 0.25) is 0 Å². The molecule has 0 fully saturated rings. The Hall–Kier alpha value is -3.47. The van der Waals surface area contributed by atoms with Crippen molar-refractivity contribution < 1.29 is 13.2 Å². The summed E-state index contributed by atoms with van der Waals surface area (Å²) in [6.07, 6.45) is 1.30. The summed E-state index contributed by atoms with van der Waals surface area (Å²) in [5.41, 5.74) is 2.51. The van der Waals surface area contributed by atoms with Crippen molar-refractivity contribution in [1.29, 1.82) is 0 Å². The first-order valence-electron chi connectivity index (χ1n) is 10.4. The molecule has 0 aliphatic heterocycles. The van der Waals surface area contributed by atoms with Crippen molar-refractivity contribution in [3.8, 4) is 16.9 Å². The molecule has 0 atom stereocenters. The number of rotatable bonds is 8. The number of benzene rings is 2. The van der Waals surface area contributed by atoms with Crippen molar-refractivity contribution in [3.05, 3.63) is 85.1 Å². The second-order valence-electron chi connectivity index (χ2n) is 7.48. The van der Waals surface area contributed by atoms with Gasteiger partial charge in [0, 0.05) is 31.9 Å². The van der Waals surface area contributed by atoms with Crippen LogP contribution in [0, 0.1) is 0 Å². The highest BCUT2D eigenvalue weighted by atomic mass is 32.2. The van der Waals surface area contributed by atoms with Gasteiger partial charge in [0.2, 0.25) is 15.9 Å². The molecule has 10 heteroatoms. The minimum absolute atomic E-state index is 0.103. The highest BCUT2D eigenvalue weighted by Gasteiger charge is 2.18. The predicted molar refractivity (Wildman–Crippen MR) is 133 cm³/mol. The fourth-order valence-corrected chi connectivity index (χ4v) is 4.61. The third-order valence-electron chi connectivity index (χ3n) is 4.89. The van der Waals surface area contributed by atoms with Crippen molar-refractivity contribution in [3.63, 3.8) is 0 Å². The molecule has 0 spiro atoms. The molecule has 8 nitrogen and oxygen atoms in total. The molecule has 0 saturated heterocycles. The van der Waals surface area contributed by atoms with Crippen LogP contribution in [0.4, 0.5) is 5.82 Å². The summed E-state index contributed by atoms with van der Waals surface area (Å²) in [5, 5.41) is 8.17. The number of aromatic nitrogens is 3. The van der Waals surface area contributed by atoms with Crippen LogP contribution in [0.15, 0.2) is 95.0 Å². The van der Waals surface area contributed by atoms with Gasteiger partial charge in [-0.2, -0.15) is 5.10 Å². The van der Waals surface area contributed by atoms with E-state index in [2.05, 4.69) is 10.3 Å². The van der Waals surface area contributed by atoms with Gasteiger partial charge in [-0.3, -0.25) is 4.79 Å². The lowest BCUT2D eigenvalue weighted by atomic mass is 10.2. The number of hydrogen-bond acceptors (Lipinski definition) is 6. The Labute approximate surface area is 202 Å². The Balaban J connectivity index is 1.49. The lowest BCUT2D eigenvalue weighted by Crippen LogP contribution is -2.22. The molecule has 2 heterocycles.